The van der Waals surface area contributed by atoms with Crippen molar-refractivity contribution in [3.63, 3.8) is 0 Å². The third kappa shape index (κ3) is 6.50. The van der Waals surface area contributed by atoms with Gasteiger partial charge in [0.05, 0.1) is 29.0 Å². The molecular formula is C22H34ClN3O2. The zero-order valence-corrected chi connectivity index (χ0v) is 18.2. The lowest BCUT2D eigenvalue weighted by atomic mass is 9.92. The first-order valence-electron chi connectivity index (χ1n) is 10.3. The first-order chi connectivity index (χ1) is 13.5. The summed E-state index contributed by atoms with van der Waals surface area (Å²) in [6, 6.07) is 5.93. The molecule has 0 saturated carbocycles. The Bertz CT molecular complexity index is 641. The molecule has 1 aliphatic rings. The van der Waals surface area contributed by atoms with Crippen LogP contribution in [0.15, 0.2) is 30.4 Å². The van der Waals surface area contributed by atoms with Gasteiger partial charge in [-0.3, -0.25) is 4.79 Å². The number of carbonyl (C=O) groups is 1. The number of ether oxygens (including phenoxy) is 1. The van der Waals surface area contributed by atoms with Crippen LogP contribution in [0.3, 0.4) is 0 Å². The molecule has 0 spiro atoms. The van der Waals surface area contributed by atoms with Crippen LogP contribution in [0.25, 0.3) is 0 Å². The van der Waals surface area contributed by atoms with Gasteiger partial charge in [-0.1, -0.05) is 49.7 Å². The van der Waals surface area contributed by atoms with Crippen LogP contribution in [-0.2, 0) is 9.53 Å². The summed E-state index contributed by atoms with van der Waals surface area (Å²) in [7, 11) is 0. The summed E-state index contributed by atoms with van der Waals surface area (Å²) >= 11 is 6.28. The molecule has 3 atom stereocenters. The predicted octanol–water partition coefficient (Wildman–Crippen LogP) is 4.06. The van der Waals surface area contributed by atoms with Gasteiger partial charge < -0.3 is 20.7 Å². The van der Waals surface area contributed by atoms with Gasteiger partial charge in [0.25, 0.3) is 0 Å². The molecular weight excluding hydrogens is 374 g/mol. The highest BCUT2D eigenvalue weighted by Crippen LogP contribution is 2.25. The van der Waals surface area contributed by atoms with Gasteiger partial charge >= 0.3 is 0 Å². The van der Waals surface area contributed by atoms with Crippen molar-refractivity contribution in [2.75, 3.05) is 18.4 Å². The van der Waals surface area contributed by atoms with Crippen LogP contribution < -0.4 is 16.0 Å². The fourth-order valence-corrected chi connectivity index (χ4v) is 3.91. The SMILES string of the molecule is CCC(CC)O[C@@H]1C=CC[C@H](NCCNc2c(C)cccc2Cl)[C@H]1NC(C)=O. The highest BCUT2D eigenvalue weighted by Gasteiger charge is 2.32. The first-order valence-corrected chi connectivity index (χ1v) is 10.7. The Morgan fingerprint density at radius 1 is 1.29 bits per heavy atom. The molecule has 156 valence electrons. The molecule has 0 aliphatic heterocycles. The molecule has 0 radical (unpaired) electrons. The standard InChI is InChI=1S/C22H34ClN3O2/c1-5-17(6-2)28-20-12-8-11-19(22(20)26-16(4)27)24-13-14-25-21-15(3)9-7-10-18(21)23/h7-10,12,17,19-20,22,24-25H,5-6,11,13-14H2,1-4H3,(H,26,27)/t19-,20+,22+/m0/s1. The molecule has 1 aliphatic carbocycles. The van der Waals surface area contributed by atoms with E-state index in [0.717, 1.165) is 48.6 Å². The predicted molar refractivity (Wildman–Crippen MR) is 117 cm³/mol. The second-order valence-electron chi connectivity index (χ2n) is 7.35. The lowest BCUT2D eigenvalue weighted by Gasteiger charge is -2.37. The molecule has 0 heterocycles. The molecule has 2 rings (SSSR count). The van der Waals surface area contributed by atoms with Crippen molar-refractivity contribution in [1.29, 1.82) is 0 Å². The number of rotatable bonds is 10. The van der Waals surface area contributed by atoms with Crippen LogP contribution in [-0.4, -0.2) is 43.3 Å². The topological polar surface area (TPSA) is 62.4 Å². The van der Waals surface area contributed by atoms with Gasteiger partial charge in [0.2, 0.25) is 5.91 Å². The molecule has 1 aromatic carbocycles. The van der Waals surface area contributed by atoms with E-state index in [9.17, 15) is 4.79 Å². The third-order valence-corrected chi connectivity index (χ3v) is 5.50. The summed E-state index contributed by atoms with van der Waals surface area (Å²) in [6.45, 7) is 9.37. The van der Waals surface area contributed by atoms with Crippen molar-refractivity contribution in [2.24, 2.45) is 0 Å². The van der Waals surface area contributed by atoms with Gasteiger partial charge in [-0.05, 0) is 37.8 Å². The number of para-hydroxylation sites is 1. The molecule has 6 heteroatoms. The Kier molecular flexibility index (Phi) is 9.29. The van der Waals surface area contributed by atoms with E-state index in [0.29, 0.717) is 0 Å². The summed E-state index contributed by atoms with van der Waals surface area (Å²) in [5.41, 5.74) is 2.10. The van der Waals surface area contributed by atoms with E-state index in [1.54, 1.807) is 6.92 Å². The van der Waals surface area contributed by atoms with Crippen LogP contribution in [0.4, 0.5) is 5.69 Å². The van der Waals surface area contributed by atoms with Crippen LogP contribution in [0.2, 0.25) is 5.02 Å². The average molecular weight is 408 g/mol. The van der Waals surface area contributed by atoms with E-state index < -0.39 is 0 Å². The Labute approximate surface area is 174 Å². The Morgan fingerprint density at radius 3 is 2.68 bits per heavy atom. The van der Waals surface area contributed by atoms with Crippen molar-refractivity contribution < 1.29 is 9.53 Å². The number of anilines is 1. The van der Waals surface area contributed by atoms with Crippen LogP contribution in [0, 0.1) is 6.92 Å². The van der Waals surface area contributed by atoms with Crippen molar-refractivity contribution in [1.82, 2.24) is 10.6 Å². The van der Waals surface area contributed by atoms with E-state index >= 15 is 0 Å². The number of carbonyl (C=O) groups excluding carboxylic acids is 1. The fraction of sp³-hybridized carbons (Fsp3) is 0.591. The fourth-order valence-electron chi connectivity index (χ4n) is 3.62. The maximum absolute atomic E-state index is 11.8. The van der Waals surface area contributed by atoms with Crippen molar-refractivity contribution in [3.05, 3.63) is 40.9 Å². The van der Waals surface area contributed by atoms with Gasteiger partial charge in [-0.25, -0.2) is 0 Å². The number of hydrogen-bond acceptors (Lipinski definition) is 4. The Balaban J connectivity index is 1.94. The number of hydrogen-bond donors (Lipinski definition) is 3. The molecule has 0 aromatic heterocycles. The van der Waals surface area contributed by atoms with Crippen molar-refractivity contribution >= 4 is 23.2 Å². The van der Waals surface area contributed by atoms with E-state index in [4.69, 9.17) is 16.3 Å². The van der Waals surface area contributed by atoms with E-state index in [-0.39, 0.29) is 30.2 Å². The molecule has 1 amide bonds. The minimum absolute atomic E-state index is 0.0323. The second-order valence-corrected chi connectivity index (χ2v) is 7.76. The van der Waals surface area contributed by atoms with Gasteiger partial charge in [0.15, 0.2) is 0 Å². The number of amides is 1. The monoisotopic (exact) mass is 407 g/mol. The Hall–Kier alpha value is -1.56. The van der Waals surface area contributed by atoms with Crippen LogP contribution >= 0.6 is 11.6 Å². The molecule has 28 heavy (non-hydrogen) atoms. The highest BCUT2D eigenvalue weighted by molar-refractivity contribution is 6.33. The van der Waals surface area contributed by atoms with E-state index in [2.05, 4.69) is 41.9 Å². The number of nitrogens with one attached hydrogen (secondary N) is 3. The normalized spacial score (nSPS) is 21.7. The highest BCUT2D eigenvalue weighted by atomic mass is 35.5. The largest absolute Gasteiger partial charge is 0.382 e. The number of halogens is 1. The second kappa shape index (κ2) is 11.4. The minimum atomic E-state index is -0.112. The minimum Gasteiger partial charge on any atom is -0.382 e. The summed E-state index contributed by atoms with van der Waals surface area (Å²) in [5, 5.41) is 10.8. The van der Waals surface area contributed by atoms with Gasteiger partial charge in [-0.15, -0.1) is 0 Å². The summed E-state index contributed by atoms with van der Waals surface area (Å²) in [5.74, 6) is -0.0323. The molecule has 0 saturated heterocycles. The molecule has 0 fully saturated rings. The molecule has 3 N–H and O–H groups in total. The summed E-state index contributed by atoms with van der Waals surface area (Å²) < 4.78 is 6.27. The zero-order valence-electron chi connectivity index (χ0n) is 17.4. The maximum Gasteiger partial charge on any atom is 0.217 e. The molecule has 1 aromatic rings. The maximum atomic E-state index is 11.8. The van der Waals surface area contributed by atoms with E-state index in [1.807, 2.05) is 25.1 Å². The zero-order chi connectivity index (χ0) is 20.5. The lowest BCUT2D eigenvalue weighted by molar-refractivity contribution is -0.121. The van der Waals surface area contributed by atoms with Crippen molar-refractivity contribution in [3.8, 4) is 0 Å². The van der Waals surface area contributed by atoms with Gasteiger partial charge in [0, 0.05) is 26.1 Å². The number of benzene rings is 1. The smallest absolute Gasteiger partial charge is 0.217 e. The lowest BCUT2D eigenvalue weighted by Crippen LogP contribution is -2.58. The van der Waals surface area contributed by atoms with Crippen molar-refractivity contribution in [2.45, 2.75) is 71.2 Å². The quantitative estimate of drug-likeness (QED) is 0.404. The Morgan fingerprint density at radius 2 is 2.04 bits per heavy atom. The summed E-state index contributed by atoms with van der Waals surface area (Å²) in [4.78, 5) is 11.8. The number of aryl methyl sites for hydroxylation is 1. The summed E-state index contributed by atoms with van der Waals surface area (Å²) in [6.07, 6.45) is 7.11. The third-order valence-electron chi connectivity index (χ3n) is 5.19. The molecule has 0 unspecified atom stereocenters. The van der Waals surface area contributed by atoms with Gasteiger partial charge in [0.1, 0.15) is 0 Å². The van der Waals surface area contributed by atoms with E-state index in [1.165, 1.54) is 0 Å². The molecule has 0 bridgehead atoms. The first kappa shape index (κ1) is 22.7. The van der Waals surface area contributed by atoms with Crippen LogP contribution in [0.1, 0.15) is 45.6 Å². The molecule has 5 nitrogen and oxygen atoms in total. The van der Waals surface area contributed by atoms with Crippen LogP contribution in [0.5, 0.6) is 0 Å². The average Bonchev–Trinajstić information content (AvgIpc) is 2.66. The van der Waals surface area contributed by atoms with Gasteiger partial charge in [-0.2, -0.15) is 0 Å².